The van der Waals surface area contributed by atoms with Gasteiger partial charge in [0.1, 0.15) is 0 Å². The summed E-state index contributed by atoms with van der Waals surface area (Å²) < 4.78 is 1.07. The Morgan fingerprint density at radius 2 is 1.73 bits per heavy atom. The fourth-order valence-corrected chi connectivity index (χ4v) is 2.54. The molecule has 0 amide bonds. The molecule has 0 radical (unpaired) electrons. The number of nitrogen functional groups attached to an aromatic ring is 1. The van der Waals surface area contributed by atoms with Crippen LogP contribution in [-0.4, -0.2) is 12.1 Å². The summed E-state index contributed by atoms with van der Waals surface area (Å²) in [4.78, 5) is 2.54. The average molecular weight is 267 g/mol. The fourth-order valence-electron chi connectivity index (χ4n) is 2.16. The molecule has 80 valence electrons. The Labute approximate surface area is 98.6 Å². The Kier molecular flexibility index (Phi) is 2.16. The first-order valence-corrected chi connectivity index (χ1v) is 6.38. The fraction of sp³-hybridized carbons (Fsp3) is 0.500. The van der Waals surface area contributed by atoms with Crippen LogP contribution < -0.4 is 10.6 Å². The van der Waals surface area contributed by atoms with Crippen LogP contribution >= 0.6 is 15.9 Å². The zero-order valence-corrected chi connectivity index (χ0v) is 10.2. The van der Waals surface area contributed by atoms with Crippen LogP contribution in [0, 0.1) is 0 Å². The van der Waals surface area contributed by atoms with E-state index in [9.17, 15) is 0 Å². The van der Waals surface area contributed by atoms with Crippen LogP contribution in [0.4, 0.5) is 11.4 Å². The zero-order chi connectivity index (χ0) is 10.4. The second-order valence-electron chi connectivity index (χ2n) is 4.57. The van der Waals surface area contributed by atoms with Crippen molar-refractivity contribution in [3.8, 4) is 0 Å². The number of nitrogens with zero attached hydrogens (tertiary/aromatic N) is 1. The lowest BCUT2D eigenvalue weighted by Gasteiger charge is -2.26. The van der Waals surface area contributed by atoms with Gasteiger partial charge in [-0.3, -0.25) is 0 Å². The predicted octanol–water partition coefficient (Wildman–Crippen LogP) is 3.16. The van der Waals surface area contributed by atoms with Crippen LogP contribution in [-0.2, 0) is 0 Å². The third-order valence-electron chi connectivity index (χ3n) is 3.15. The van der Waals surface area contributed by atoms with E-state index in [4.69, 9.17) is 5.73 Å². The van der Waals surface area contributed by atoms with E-state index >= 15 is 0 Å². The minimum atomic E-state index is 0.765. The van der Waals surface area contributed by atoms with Crippen molar-refractivity contribution in [2.24, 2.45) is 0 Å². The van der Waals surface area contributed by atoms with Crippen LogP contribution in [0.15, 0.2) is 22.7 Å². The topological polar surface area (TPSA) is 29.3 Å². The SMILES string of the molecule is Nc1cc(Br)ccc1N(C1CC1)C1CC1. The highest BCUT2D eigenvalue weighted by Gasteiger charge is 2.39. The molecule has 15 heavy (non-hydrogen) atoms. The van der Waals surface area contributed by atoms with Gasteiger partial charge in [0.25, 0.3) is 0 Å². The highest BCUT2D eigenvalue weighted by atomic mass is 79.9. The van der Waals surface area contributed by atoms with Gasteiger partial charge in [0, 0.05) is 16.6 Å². The summed E-state index contributed by atoms with van der Waals surface area (Å²) in [7, 11) is 0. The Bertz CT molecular complexity index is 371. The molecule has 2 aliphatic carbocycles. The van der Waals surface area contributed by atoms with E-state index in [1.54, 1.807) is 0 Å². The third-order valence-corrected chi connectivity index (χ3v) is 3.64. The molecule has 0 saturated heterocycles. The van der Waals surface area contributed by atoms with Crippen molar-refractivity contribution >= 4 is 27.3 Å². The Morgan fingerprint density at radius 1 is 1.13 bits per heavy atom. The minimum absolute atomic E-state index is 0.765. The van der Waals surface area contributed by atoms with Crippen molar-refractivity contribution in [1.29, 1.82) is 0 Å². The van der Waals surface area contributed by atoms with Crippen molar-refractivity contribution in [2.75, 3.05) is 10.6 Å². The Balaban J connectivity index is 1.94. The van der Waals surface area contributed by atoms with Gasteiger partial charge in [-0.2, -0.15) is 0 Å². The standard InChI is InChI=1S/C12H15BrN2/c13-8-1-6-12(11(14)7-8)15(9-2-3-9)10-4-5-10/h1,6-7,9-10H,2-5,14H2. The first-order valence-electron chi connectivity index (χ1n) is 5.59. The molecule has 2 fully saturated rings. The molecule has 1 aromatic carbocycles. The quantitative estimate of drug-likeness (QED) is 0.852. The summed E-state index contributed by atoms with van der Waals surface area (Å²) in [5.41, 5.74) is 8.23. The summed E-state index contributed by atoms with van der Waals surface area (Å²) in [6.45, 7) is 0. The average Bonchev–Trinajstić information content (AvgIpc) is 3.02. The molecule has 3 heteroatoms. The lowest BCUT2D eigenvalue weighted by Crippen LogP contribution is -2.28. The molecule has 0 unspecified atom stereocenters. The number of benzene rings is 1. The van der Waals surface area contributed by atoms with Gasteiger partial charge in [0.05, 0.1) is 11.4 Å². The van der Waals surface area contributed by atoms with Crippen LogP contribution in [0.5, 0.6) is 0 Å². The number of rotatable bonds is 3. The normalized spacial score (nSPS) is 20.3. The number of hydrogen-bond acceptors (Lipinski definition) is 2. The summed E-state index contributed by atoms with van der Waals surface area (Å²) in [6, 6.07) is 7.77. The molecule has 0 aliphatic heterocycles. The third kappa shape index (κ3) is 1.85. The van der Waals surface area contributed by atoms with Crippen LogP contribution in [0.2, 0.25) is 0 Å². The Hall–Kier alpha value is -0.700. The minimum Gasteiger partial charge on any atom is -0.397 e. The number of nitrogens with two attached hydrogens (primary N) is 1. The second kappa shape index (κ2) is 3.41. The predicted molar refractivity (Wildman–Crippen MR) is 67.1 cm³/mol. The summed E-state index contributed by atoms with van der Waals surface area (Å²) in [6.07, 6.45) is 5.36. The maximum atomic E-state index is 6.08. The maximum Gasteiger partial charge on any atom is 0.0605 e. The van der Waals surface area contributed by atoms with E-state index in [0.29, 0.717) is 0 Å². The van der Waals surface area contributed by atoms with Crippen LogP contribution in [0.1, 0.15) is 25.7 Å². The lowest BCUT2D eigenvalue weighted by molar-refractivity contribution is 0.790. The van der Waals surface area contributed by atoms with E-state index in [2.05, 4.69) is 33.0 Å². The van der Waals surface area contributed by atoms with Gasteiger partial charge in [-0.05, 0) is 43.9 Å². The van der Waals surface area contributed by atoms with Crippen LogP contribution in [0.25, 0.3) is 0 Å². The van der Waals surface area contributed by atoms with Gasteiger partial charge >= 0.3 is 0 Å². The van der Waals surface area contributed by atoms with Crippen LogP contribution in [0.3, 0.4) is 0 Å². The van der Waals surface area contributed by atoms with E-state index < -0.39 is 0 Å². The first kappa shape index (κ1) is 9.52. The molecular weight excluding hydrogens is 252 g/mol. The highest BCUT2D eigenvalue weighted by Crippen LogP contribution is 2.43. The van der Waals surface area contributed by atoms with E-state index in [-0.39, 0.29) is 0 Å². The van der Waals surface area contributed by atoms with Crippen molar-refractivity contribution in [2.45, 2.75) is 37.8 Å². The summed E-state index contributed by atoms with van der Waals surface area (Å²) >= 11 is 3.45. The molecule has 3 rings (SSSR count). The van der Waals surface area contributed by atoms with E-state index in [1.807, 2.05) is 6.07 Å². The van der Waals surface area contributed by atoms with Crippen molar-refractivity contribution < 1.29 is 0 Å². The van der Waals surface area contributed by atoms with Gasteiger partial charge in [0.2, 0.25) is 0 Å². The van der Waals surface area contributed by atoms with Gasteiger partial charge in [-0.15, -0.1) is 0 Å². The van der Waals surface area contributed by atoms with Gasteiger partial charge in [-0.25, -0.2) is 0 Å². The monoisotopic (exact) mass is 266 g/mol. The van der Waals surface area contributed by atoms with Gasteiger partial charge < -0.3 is 10.6 Å². The van der Waals surface area contributed by atoms with Gasteiger partial charge in [-0.1, -0.05) is 15.9 Å². The van der Waals surface area contributed by atoms with Crippen molar-refractivity contribution in [1.82, 2.24) is 0 Å². The molecule has 0 heterocycles. The molecule has 2 aliphatic rings. The molecule has 2 nitrogen and oxygen atoms in total. The molecule has 2 N–H and O–H groups in total. The molecular formula is C12H15BrN2. The molecule has 0 bridgehead atoms. The summed E-state index contributed by atoms with van der Waals surface area (Å²) in [5.74, 6) is 0. The van der Waals surface area contributed by atoms with Gasteiger partial charge in [0.15, 0.2) is 0 Å². The Morgan fingerprint density at radius 3 is 2.20 bits per heavy atom. The largest absolute Gasteiger partial charge is 0.397 e. The van der Waals surface area contributed by atoms with E-state index in [1.165, 1.54) is 31.4 Å². The number of hydrogen-bond donors (Lipinski definition) is 1. The zero-order valence-electron chi connectivity index (χ0n) is 8.62. The molecule has 0 atom stereocenters. The molecule has 0 aromatic heterocycles. The maximum absolute atomic E-state index is 6.08. The van der Waals surface area contributed by atoms with Crippen molar-refractivity contribution in [3.63, 3.8) is 0 Å². The lowest BCUT2D eigenvalue weighted by atomic mass is 10.2. The van der Waals surface area contributed by atoms with E-state index in [0.717, 1.165) is 22.2 Å². The number of anilines is 2. The second-order valence-corrected chi connectivity index (χ2v) is 5.49. The number of halogens is 1. The summed E-state index contributed by atoms with van der Waals surface area (Å²) in [5, 5.41) is 0. The molecule has 1 aromatic rings. The highest BCUT2D eigenvalue weighted by molar-refractivity contribution is 9.10. The molecule has 0 spiro atoms. The molecule has 2 saturated carbocycles. The smallest absolute Gasteiger partial charge is 0.0605 e. The van der Waals surface area contributed by atoms with Crippen molar-refractivity contribution in [3.05, 3.63) is 22.7 Å². The first-order chi connectivity index (χ1) is 7.25.